The summed E-state index contributed by atoms with van der Waals surface area (Å²) in [6.45, 7) is 3.99. The van der Waals surface area contributed by atoms with E-state index in [0.29, 0.717) is 11.5 Å². The quantitative estimate of drug-likeness (QED) is 0.805. The number of alkyl halides is 1. The Balaban J connectivity index is 2.76. The first-order valence-corrected chi connectivity index (χ1v) is 7.22. The van der Waals surface area contributed by atoms with E-state index in [0.717, 1.165) is 9.80 Å². The van der Waals surface area contributed by atoms with E-state index in [2.05, 4.69) is 37.2 Å². The Labute approximate surface area is 118 Å². The van der Waals surface area contributed by atoms with Crippen molar-refractivity contribution >= 4 is 37.8 Å². The smallest absolute Gasteiger partial charge is 0.255 e. The van der Waals surface area contributed by atoms with Gasteiger partial charge in [0.2, 0.25) is 0 Å². The number of amides is 1. The summed E-state index contributed by atoms with van der Waals surface area (Å²) in [7, 11) is 0. The van der Waals surface area contributed by atoms with Gasteiger partial charge in [-0.15, -0.1) is 0 Å². The van der Waals surface area contributed by atoms with Crippen LogP contribution in [0.5, 0.6) is 5.75 Å². The van der Waals surface area contributed by atoms with Gasteiger partial charge in [0.05, 0.1) is 5.56 Å². The average molecular weight is 365 g/mol. The molecule has 0 saturated carbocycles. The molecule has 1 amide bonds. The van der Waals surface area contributed by atoms with Crippen molar-refractivity contribution in [1.82, 2.24) is 5.32 Å². The maximum Gasteiger partial charge on any atom is 0.255 e. The zero-order chi connectivity index (χ0) is 13.0. The van der Waals surface area contributed by atoms with E-state index in [4.69, 9.17) is 0 Å². The Hall–Kier alpha value is -0.550. The van der Waals surface area contributed by atoms with Crippen LogP contribution in [0.2, 0.25) is 0 Å². The van der Waals surface area contributed by atoms with Crippen molar-refractivity contribution < 1.29 is 9.90 Å². The molecular weight excluding hydrogens is 350 g/mol. The Kier molecular flexibility index (Phi) is 5.46. The van der Waals surface area contributed by atoms with Gasteiger partial charge in [-0.25, -0.2) is 0 Å². The molecule has 0 spiro atoms. The normalized spacial score (nSPS) is 14.1. The van der Waals surface area contributed by atoms with Crippen LogP contribution in [0.4, 0.5) is 0 Å². The Bertz CT molecular complexity index is 409. The second-order valence-corrected chi connectivity index (χ2v) is 5.62. The number of phenolic OH excluding ortho intramolecular Hbond substituents is 1. The molecule has 2 atom stereocenters. The molecule has 2 N–H and O–H groups in total. The van der Waals surface area contributed by atoms with Gasteiger partial charge in [-0.3, -0.25) is 4.79 Å². The van der Waals surface area contributed by atoms with Gasteiger partial charge in [0.15, 0.2) is 0 Å². The predicted molar refractivity (Wildman–Crippen MR) is 75.7 cm³/mol. The number of phenols is 1. The topological polar surface area (TPSA) is 49.3 Å². The van der Waals surface area contributed by atoms with Gasteiger partial charge in [0.25, 0.3) is 5.91 Å². The SMILES string of the molecule is CC(CBr)C(C)NC(=O)c1ccc(Br)cc1O. The van der Waals surface area contributed by atoms with Crippen molar-refractivity contribution in [1.29, 1.82) is 0 Å². The first-order chi connectivity index (χ1) is 7.95. The minimum Gasteiger partial charge on any atom is -0.507 e. The highest BCUT2D eigenvalue weighted by molar-refractivity contribution is 9.10. The summed E-state index contributed by atoms with van der Waals surface area (Å²) >= 11 is 6.61. The zero-order valence-electron chi connectivity index (χ0n) is 9.71. The third-order valence-electron chi connectivity index (χ3n) is 2.66. The monoisotopic (exact) mass is 363 g/mol. The second-order valence-electron chi connectivity index (χ2n) is 4.06. The summed E-state index contributed by atoms with van der Waals surface area (Å²) in [5.41, 5.74) is 0.293. The number of nitrogens with one attached hydrogen (secondary N) is 1. The Morgan fingerprint density at radius 1 is 1.47 bits per heavy atom. The zero-order valence-corrected chi connectivity index (χ0v) is 12.9. The summed E-state index contributed by atoms with van der Waals surface area (Å²) in [4.78, 5) is 11.9. The summed E-state index contributed by atoms with van der Waals surface area (Å²) in [6, 6.07) is 4.88. The molecule has 0 saturated heterocycles. The molecule has 0 bridgehead atoms. The first kappa shape index (κ1) is 14.5. The molecule has 3 nitrogen and oxygen atoms in total. The molecule has 0 radical (unpaired) electrons. The summed E-state index contributed by atoms with van der Waals surface area (Å²) in [5, 5.41) is 13.4. The standard InChI is InChI=1S/C12H15Br2NO2/c1-7(6-13)8(2)15-12(17)10-4-3-9(14)5-11(10)16/h3-5,7-8,16H,6H2,1-2H3,(H,15,17). The summed E-state index contributed by atoms with van der Waals surface area (Å²) in [5.74, 6) is 0.0578. The summed E-state index contributed by atoms with van der Waals surface area (Å²) < 4.78 is 0.744. The van der Waals surface area contributed by atoms with Crippen molar-refractivity contribution in [3.63, 3.8) is 0 Å². The number of hydrogen-bond acceptors (Lipinski definition) is 2. The van der Waals surface area contributed by atoms with Gasteiger partial charge < -0.3 is 10.4 Å². The largest absolute Gasteiger partial charge is 0.507 e. The third kappa shape index (κ3) is 4.00. The lowest BCUT2D eigenvalue weighted by molar-refractivity contribution is 0.0928. The fourth-order valence-electron chi connectivity index (χ4n) is 1.26. The van der Waals surface area contributed by atoms with Crippen LogP contribution in [0, 0.1) is 5.92 Å². The van der Waals surface area contributed by atoms with Crippen molar-refractivity contribution in [3.8, 4) is 5.75 Å². The maximum atomic E-state index is 11.9. The maximum absolute atomic E-state index is 11.9. The molecule has 1 rings (SSSR count). The summed E-state index contributed by atoms with van der Waals surface area (Å²) in [6.07, 6.45) is 0. The molecule has 0 aromatic heterocycles. The lowest BCUT2D eigenvalue weighted by atomic mass is 10.1. The average Bonchev–Trinajstić information content (AvgIpc) is 2.27. The van der Waals surface area contributed by atoms with Gasteiger partial charge in [-0.2, -0.15) is 0 Å². The van der Waals surface area contributed by atoms with Gasteiger partial charge in [0.1, 0.15) is 5.75 Å². The van der Waals surface area contributed by atoms with E-state index in [1.54, 1.807) is 12.1 Å². The Morgan fingerprint density at radius 2 is 2.12 bits per heavy atom. The van der Waals surface area contributed by atoms with E-state index in [1.165, 1.54) is 6.07 Å². The highest BCUT2D eigenvalue weighted by atomic mass is 79.9. The molecule has 17 heavy (non-hydrogen) atoms. The van der Waals surface area contributed by atoms with Crippen LogP contribution in [0.1, 0.15) is 24.2 Å². The molecule has 1 aromatic carbocycles. The van der Waals surface area contributed by atoms with Crippen molar-refractivity contribution in [2.75, 3.05) is 5.33 Å². The molecule has 0 aliphatic heterocycles. The van der Waals surface area contributed by atoms with Crippen molar-refractivity contribution in [2.45, 2.75) is 19.9 Å². The van der Waals surface area contributed by atoms with Gasteiger partial charge in [-0.1, -0.05) is 38.8 Å². The van der Waals surface area contributed by atoms with E-state index in [1.807, 2.05) is 13.8 Å². The minimum absolute atomic E-state index is 0.0180. The van der Waals surface area contributed by atoms with Crippen molar-refractivity contribution in [3.05, 3.63) is 28.2 Å². The number of hydrogen-bond donors (Lipinski definition) is 2. The second kappa shape index (κ2) is 6.40. The number of halogens is 2. The number of rotatable bonds is 4. The third-order valence-corrected chi connectivity index (χ3v) is 4.17. The lowest BCUT2D eigenvalue weighted by Crippen LogP contribution is -2.37. The molecular formula is C12H15Br2NO2. The molecule has 1 aromatic rings. The van der Waals surface area contributed by atoms with Gasteiger partial charge >= 0.3 is 0 Å². The number of carbonyl (C=O) groups is 1. The van der Waals surface area contributed by atoms with Crippen molar-refractivity contribution in [2.24, 2.45) is 5.92 Å². The fourth-order valence-corrected chi connectivity index (χ4v) is 2.17. The predicted octanol–water partition coefficient (Wildman–Crippen LogP) is 3.30. The molecule has 5 heteroatoms. The molecule has 94 valence electrons. The molecule has 0 heterocycles. The first-order valence-electron chi connectivity index (χ1n) is 5.31. The number of aromatic hydroxyl groups is 1. The molecule has 0 fully saturated rings. The van der Waals surface area contributed by atoms with Crippen LogP contribution < -0.4 is 5.32 Å². The van der Waals surface area contributed by atoms with Crippen LogP contribution >= 0.6 is 31.9 Å². The van der Waals surface area contributed by atoms with Crippen LogP contribution in [-0.2, 0) is 0 Å². The van der Waals surface area contributed by atoms with Crippen LogP contribution in [0.15, 0.2) is 22.7 Å². The Morgan fingerprint density at radius 3 is 2.65 bits per heavy atom. The molecule has 0 aliphatic carbocycles. The van der Waals surface area contributed by atoms with E-state index >= 15 is 0 Å². The molecule has 2 unspecified atom stereocenters. The van der Waals surface area contributed by atoms with Crippen LogP contribution in [0.3, 0.4) is 0 Å². The minimum atomic E-state index is -0.254. The number of benzene rings is 1. The van der Waals surface area contributed by atoms with E-state index in [9.17, 15) is 9.90 Å². The van der Waals surface area contributed by atoms with E-state index < -0.39 is 0 Å². The van der Waals surface area contributed by atoms with E-state index in [-0.39, 0.29) is 17.7 Å². The van der Waals surface area contributed by atoms with Crippen LogP contribution in [-0.4, -0.2) is 22.4 Å². The fraction of sp³-hybridized carbons (Fsp3) is 0.417. The highest BCUT2D eigenvalue weighted by Crippen LogP contribution is 2.22. The highest BCUT2D eigenvalue weighted by Gasteiger charge is 2.17. The number of carbonyl (C=O) groups excluding carboxylic acids is 1. The lowest BCUT2D eigenvalue weighted by Gasteiger charge is -2.19. The molecule has 0 aliphatic rings. The van der Waals surface area contributed by atoms with Gasteiger partial charge in [-0.05, 0) is 31.0 Å². The van der Waals surface area contributed by atoms with Crippen LogP contribution in [0.25, 0.3) is 0 Å². The van der Waals surface area contributed by atoms with Gasteiger partial charge in [0, 0.05) is 15.8 Å².